The van der Waals surface area contributed by atoms with E-state index < -0.39 is 11.3 Å². The van der Waals surface area contributed by atoms with Gasteiger partial charge in [-0.25, -0.2) is 8.42 Å². The van der Waals surface area contributed by atoms with Crippen molar-refractivity contribution in [2.24, 2.45) is 0 Å². The number of alkyl halides is 3. The molecular formula is C15H20Br3NO4S. The molecule has 0 heterocycles. The van der Waals surface area contributed by atoms with Crippen LogP contribution in [0, 0.1) is 0 Å². The first-order chi connectivity index (χ1) is 11.2. The van der Waals surface area contributed by atoms with E-state index in [1.54, 1.807) is 6.07 Å². The van der Waals surface area contributed by atoms with Crippen molar-refractivity contribution in [3.8, 4) is 0 Å². The van der Waals surface area contributed by atoms with E-state index in [1.807, 2.05) is 0 Å². The molecule has 1 aromatic carbocycles. The minimum atomic E-state index is -3.72. The monoisotopic (exact) mass is 547 g/mol. The molecule has 24 heavy (non-hydrogen) atoms. The minimum absolute atomic E-state index is 0.0312. The summed E-state index contributed by atoms with van der Waals surface area (Å²) in [5.41, 5.74) is 0.291. The van der Waals surface area contributed by atoms with Gasteiger partial charge in [0.15, 0.2) is 0 Å². The van der Waals surface area contributed by atoms with Gasteiger partial charge in [-0.3, -0.25) is 4.79 Å². The number of sulfone groups is 1. The van der Waals surface area contributed by atoms with Gasteiger partial charge in [0.2, 0.25) is 11.3 Å². The van der Waals surface area contributed by atoms with Crippen molar-refractivity contribution >= 4 is 63.5 Å². The second-order valence-corrected chi connectivity index (χ2v) is 15.5. The first-order valence-electron chi connectivity index (χ1n) is 7.47. The normalized spacial score (nSPS) is 12.2. The maximum absolute atomic E-state index is 12.3. The molecule has 1 rings (SSSR count). The Morgan fingerprint density at radius 3 is 2.50 bits per heavy atom. The lowest BCUT2D eigenvalue weighted by Crippen LogP contribution is -2.26. The largest absolute Gasteiger partial charge is 0.381 e. The van der Waals surface area contributed by atoms with E-state index >= 15 is 0 Å². The van der Waals surface area contributed by atoms with Gasteiger partial charge in [-0.15, -0.1) is 0 Å². The summed E-state index contributed by atoms with van der Waals surface area (Å²) in [7, 11) is -3.72. The van der Waals surface area contributed by atoms with Crippen molar-refractivity contribution < 1.29 is 17.9 Å². The van der Waals surface area contributed by atoms with E-state index in [0.717, 1.165) is 19.4 Å². The fourth-order valence-electron chi connectivity index (χ4n) is 1.76. The van der Waals surface area contributed by atoms with Gasteiger partial charge in [-0.05, 0) is 78.8 Å². The number of rotatable bonds is 9. The third-order valence-electron chi connectivity index (χ3n) is 3.10. The lowest BCUT2D eigenvalue weighted by atomic mass is 10.2. The van der Waals surface area contributed by atoms with E-state index in [4.69, 9.17) is 4.74 Å². The third-order valence-corrected chi connectivity index (χ3v) is 8.42. The molecule has 0 aliphatic carbocycles. The SMILES string of the molecule is CCCCOCCCNC(=O)c1cccc(S(=O)(=O)C(Br)(Br)Br)c1. The summed E-state index contributed by atoms with van der Waals surface area (Å²) in [6, 6.07) is 5.89. The van der Waals surface area contributed by atoms with Gasteiger partial charge in [0.1, 0.15) is 0 Å². The van der Waals surface area contributed by atoms with Gasteiger partial charge in [0.25, 0.3) is 5.91 Å². The maximum atomic E-state index is 12.3. The van der Waals surface area contributed by atoms with Crippen LogP contribution in [-0.2, 0) is 14.6 Å². The highest BCUT2D eigenvalue weighted by Gasteiger charge is 2.37. The summed E-state index contributed by atoms with van der Waals surface area (Å²) < 4.78 is 28.6. The lowest BCUT2D eigenvalue weighted by Gasteiger charge is -2.14. The van der Waals surface area contributed by atoms with E-state index in [-0.39, 0.29) is 10.8 Å². The van der Waals surface area contributed by atoms with Crippen LogP contribution in [0.2, 0.25) is 0 Å². The standard InChI is InChI=1S/C15H20Br3NO4S/c1-2-3-9-23-10-5-8-19-14(20)12-6-4-7-13(11-12)24(21,22)15(16,17)18/h4,6-7,11H,2-3,5,8-10H2,1H3,(H,19,20). The van der Waals surface area contributed by atoms with Crippen molar-refractivity contribution in [3.63, 3.8) is 0 Å². The molecule has 0 fully saturated rings. The fraction of sp³-hybridized carbons (Fsp3) is 0.533. The smallest absolute Gasteiger partial charge is 0.251 e. The molecule has 5 nitrogen and oxygen atoms in total. The van der Waals surface area contributed by atoms with Crippen LogP contribution >= 0.6 is 47.8 Å². The Labute approximate surface area is 168 Å². The van der Waals surface area contributed by atoms with Gasteiger partial charge >= 0.3 is 0 Å². The minimum Gasteiger partial charge on any atom is -0.381 e. The number of nitrogens with one attached hydrogen (secondary N) is 1. The molecule has 1 aromatic rings. The van der Waals surface area contributed by atoms with Crippen LogP contribution in [0.25, 0.3) is 0 Å². The number of halogens is 3. The Morgan fingerprint density at radius 2 is 1.88 bits per heavy atom. The molecule has 0 saturated carbocycles. The van der Waals surface area contributed by atoms with Gasteiger partial charge < -0.3 is 10.1 Å². The fourth-order valence-corrected chi connectivity index (χ4v) is 4.25. The number of ether oxygens (including phenoxy) is 1. The Hall–Kier alpha value is 0.0400. The second kappa shape index (κ2) is 10.3. The van der Waals surface area contributed by atoms with Crippen molar-refractivity contribution in [3.05, 3.63) is 29.8 Å². The number of benzene rings is 1. The topological polar surface area (TPSA) is 72.5 Å². The molecule has 1 N–H and O–H groups in total. The highest BCUT2D eigenvalue weighted by Crippen LogP contribution is 2.43. The average molecular weight is 550 g/mol. The molecule has 0 atom stereocenters. The lowest BCUT2D eigenvalue weighted by molar-refractivity contribution is 0.0940. The van der Waals surface area contributed by atoms with Crippen molar-refractivity contribution in [1.29, 1.82) is 0 Å². The van der Waals surface area contributed by atoms with Gasteiger partial charge in [-0.1, -0.05) is 19.4 Å². The number of hydrogen-bond donors (Lipinski definition) is 1. The second-order valence-electron chi connectivity index (χ2n) is 5.05. The van der Waals surface area contributed by atoms with Crippen LogP contribution in [-0.4, -0.2) is 35.6 Å². The highest BCUT2D eigenvalue weighted by atomic mass is 80.0. The summed E-state index contributed by atoms with van der Waals surface area (Å²) >= 11 is 9.02. The summed E-state index contributed by atoms with van der Waals surface area (Å²) in [5, 5.41) is 2.76. The predicted molar refractivity (Wildman–Crippen MR) is 106 cm³/mol. The molecule has 0 aromatic heterocycles. The van der Waals surface area contributed by atoms with Crippen LogP contribution in [0.4, 0.5) is 0 Å². The van der Waals surface area contributed by atoms with Gasteiger partial charge in [0, 0.05) is 25.3 Å². The van der Waals surface area contributed by atoms with Crippen LogP contribution < -0.4 is 5.32 Å². The Balaban J connectivity index is 2.59. The van der Waals surface area contributed by atoms with Gasteiger partial charge in [0.05, 0.1) is 4.90 Å². The summed E-state index contributed by atoms with van der Waals surface area (Å²) in [6.45, 7) is 3.90. The molecular weight excluding hydrogens is 530 g/mol. The van der Waals surface area contributed by atoms with Crippen LogP contribution in [0.3, 0.4) is 0 Å². The summed E-state index contributed by atoms with van der Waals surface area (Å²) in [5.74, 6) is -0.315. The van der Waals surface area contributed by atoms with E-state index in [9.17, 15) is 13.2 Å². The van der Waals surface area contributed by atoms with Crippen LogP contribution in [0.5, 0.6) is 0 Å². The highest BCUT2D eigenvalue weighted by molar-refractivity contribution is 9.42. The van der Waals surface area contributed by atoms with Crippen molar-refractivity contribution in [1.82, 2.24) is 5.32 Å². The predicted octanol–water partition coefficient (Wildman–Crippen LogP) is 4.19. The van der Waals surface area contributed by atoms with E-state index in [2.05, 4.69) is 60.0 Å². The first-order valence-corrected chi connectivity index (χ1v) is 11.3. The Morgan fingerprint density at radius 1 is 1.21 bits per heavy atom. The molecule has 0 aliphatic heterocycles. The molecule has 9 heteroatoms. The number of carbonyl (C=O) groups is 1. The molecule has 0 aliphatic rings. The van der Waals surface area contributed by atoms with Crippen molar-refractivity contribution in [2.75, 3.05) is 19.8 Å². The van der Waals surface area contributed by atoms with E-state index in [0.29, 0.717) is 25.1 Å². The summed E-state index contributed by atoms with van der Waals surface area (Å²) in [6.07, 6.45) is 2.83. The zero-order valence-electron chi connectivity index (χ0n) is 13.2. The van der Waals surface area contributed by atoms with Crippen LogP contribution in [0.15, 0.2) is 29.2 Å². The zero-order chi connectivity index (χ0) is 18.2. The molecule has 0 radical (unpaired) electrons. The maximum Gasteiger partial charge on any atom is 0.251 e. The quantitative estimate of drug-likeness (QED) is 0.370. The van der Waals surface area contributed by atoms with Crippen molar-refractivity contribution in [2.45, 2.75) is 32.6 Å². The average Bonchev–Trinajstić information content (AvgIpc) is 2.53. The Bertz CT molecular complexity index is 644. The number of carbonyl (C=O) groups excluding carboxylic acids is 1. The van der Waals surface area contributed by atoms with Crippen LogP contribution in [0.1, 0.15) is 36.5 Å². The molecule has 0 bridgehead atoms. The molecule has 1 amide bonds. The van der Waals surface area contributed by atoms with E-state index in [1.165, 1.54) is 18.2 Å². The molecule has 0 saturated heterocycles. The number of amides is 1. The Kier molecular flexibility index (Phi) is 9.43. The molecule has 136 valence electrons. The number of hydrogen-bond acceptors (Lipinski definition) is 4. The van der Waals surface area contributed by atoms with Gasteiger partial charge in [-0.2, -0.15) is 0 Å². The third kappa shape index (κ3) is 6.74. The first kappa shape index (κ1) is 22.1. The zero-order valence-corrected chi connectivity index (χ0v) is 18.8. The molecule has 0 spiro atoms. The summed E-state index contributed by atoms with van der Waals surface area (Å²) in [4.78, 5) is 12.2. The number of unbranched alkanes of at least 4 members (excludes halogenated alkanes) is 1. The molecule has 0 unspecified atom stereocenters.